The topological polar surface area (TPSA) is 64.2 Å². The second kappa shape index (κ2) is 4.13. The summed E-state index contributed by atoms with van der Waals surface area (Å²) in [6.45, 7) is 0. The number of halogens is 1. The quantitative estimate of drug-likeness (QED) is 0.707. The molecule has 0 aliphatic rings. The summed E-state index contributed by atoms with van der Waals surface area (Å²) in [5.41, 5.74) is 6.27. The van der Waals surface area contributed by atoms with Crippen molar-refractivity contribution in [1.82, 2.24) is 14.7 Å². The highest BCUT2D eigenvalue weighted by Gasteiger charge is 2.14. The second-order valence-corrected chi connectivity index (χ2v) is 2.81. The molecule has 0 fully saturated rings. The molecule has 0 aliphatic heterocycles. The fourth-order valence-corrected chi connectivity index (χ4v) is 0.885. The first kappa shape index (κ1) is 11.8. The Hall–Kier alpha value is -1.23. The van der Waals surface area contributed by atoms with Gasteiger partial charge in [0.2, 0.25) is 0 Å². The van der Waals surface area contributed by atoms with Gasteiger partial charge in [-0.3, -0.25) is 9.48 Å². The van der Waals surface area contributed by atoms with E-state index in [1.165, 1.54) is 9.58 Å². The lowest BCUT2D eigenvalue weighted by atomic mass is 10.3. The minimum Gasteiger partial charge on any atom is -0.396 e. The van der Waals surface area contributed by atoms with Gasteiger partial charge in [-0.25, -0.2) is 0 Å². The Balaban J connectivity index is 0.00000144. The van der Waals surface area contributed by atoms with Gasteiger partial charge < -0.3 is 10.6 Å². The molecular formula is C7H13ClN4O. The van der Waals surface area contributed by atoms with E-state index in [1.807, 2.05) is 0 Å². The van der Waals surface area contributed by atoms with Crippen molar-refractivity contribution in [2.45, 2.75) is 0 Å². The molecule has 1 heterocycles. The van der Waals surface area contributed by atoms with E-state index in [4.69, 9.17) is 5.73 Å². The van der Waals surface area contributed by atoms with Gasteiger partial charge in [-0.1, -0.05) is 0 Å². The Kier molecular flexibility index (Phi) is 3.74. The van der Waals surface area contributed by atoms with Crippen molar-refractivity contribution in [2.75, 3.05) is 19.8 Å². The molecule has 74 valence electrons. The number of hydrogen-bond donors (Lipinski definition) is 1. The van der Waals surface area contributed by atoms with E-state index >= 15 is 0 Å². The molecule has 0 saturated heterocycles. The third-order valence-electron chi connectivity index (χ3n) is 1.47. The van der Waals surface area contributed by atoms with Crippen molar-refractivity contribution < 1.29 is 4.79 Å². The van der Waals surface area contributed by atoms with Gasteiger partial charge in [-0.2, -0.15) is 5.10 Å². The van der Waals surface area contributed by atoms with E-state index in [9.17, 15) is 4.79 Å². The summed E-state index contributed by atoms with van der Waals surface area (Å²) in [5, 5.41) is 3.93. The second-order valence-electron chi connectivity index (χ2n) is 2.81. The summed E-state index contributed by atoms with van der Waals surface area (Å²) >= 11 is 0. The van der Waals surface area contributed by atoms with Gasteiger partial charge in [0.25, 0.3) is 5.91 Å². The number of aromatic nitrogens is 2. The molecule has 0 saturated carbocycles. The van der Waals surface area contributed by atoms with Gasteiger partial charge in [0, 0.05) is 27.3 Å². The molecule has 0 spiro atoms. The van der Waals surface area contributed by atoms with Crippen LogP contribution < -0.4 is 5.73 Å². The van der Waals surface area contributed by atoms with Crippen LogP contribution in [0.5, 0.6) is 0 Å². The van der Waals surface area contributed by atoms with Crippen LogP contribution in [0.3, 0.4) is 0 Å². The molecule has 0 aliphatic carbocycles. The Morgan fingerprint density at radius 3 is 2.46 bits per heavy atom. The number of aryl methyl sites for hydroxylation is 1. The molecule has 0 atom stereocenters. The maximum Gasteiger partial charge on any atom is 0.275 e. The third-order valence-corrected chi connectivity index (χ3v) is 1.47. The number of nitrogens with two attached hydrogens (primary N) is 1. The Labute approximate surface area is 82.9 Å². The predicted molar refractivity (Wildman–Crippen MR) is 52.9 cm³/mol. The van der Waals surface area contributed by atoms with Gasteiger partial charge in [-0.15, -0.1) is 12.4 Å². The smallest absolute Gasteiger partial charge is 0.275 e. The highest BCUT2D eigenvalue weighted by atomic mass is 35.5. The lowest BCUT2D eigenvalue weighted by molar-refractivity contribution is 0.0822. The summed E-state index contributed by atoms with van der Waals surface area (Å²) < 4.78 is 1.52. The Morgan fingerprint density at radius 2 is 2.15 bits per heavy atom. The van der Waals surface area contributed by atoms with Crippen molar-refractivity contribution in [1.29, 1.82) is 0 Å². The number of amides is 1. The lowest BCUT2D eigenvalue weighted by Gasteiger charge is -2.07. The number of carbonyl (C=O) groups is 1. The zero-order chi connectivity index (χ0) is 9.30. The van der Waals surface area contributed by atoms with Crippen LogP contribution in [0.1, 0.15) is 10.5 Å². The average molecular weight is 205 g/mol. The molecule has 1 amide bonds. The monoisotopic (exact) mass is 204 g/mol. The SMILES string of the molecule is CN(C)C(=O)c1nn(C)cc1N.Cl. The normalized spacial score (nSPS) is 9.15. The van der Waals surface area contributed by atoms with Gasteiger partial charge >= 0.3 is 0 Å². The number of nitrogen functional groups attached to an aromatic ring is 1. The molecule has 0 aromatic carbocycles. The fourth-order valence-electron chi connectivity index (χ4n) is 0.885. The van der Waals surface area contributed by atoms with Crippen LogP contribution >= 0.6 is 12.4 Å². The summed E-state index contributed by atoms with van der Waals surface area (Å²) in [5.74, 6) is -0.173. The van der Waals surface area contributed by atoms with Crippen LogP contribution in [-0.2, 0) is 7.05 Å². The van der Waals surface area contributed by atoms with E-state index < -0.39 is 0 Å². The minimum absolute atomic E-state index is 0. The molecular weight excluding hydrogens is 192 g/mol. The van der Waals surface area contributed by atoms with Gasteiger partial charge in [0.05, 0.1) is 5.69 Å². The number of nitrogens with zero attached hydrogens (tertiary/aromatic N) is 3. The molecule has 13 heavy (non-hydrogen) atoms. The third kappa shape index (κ3) is 2.35. The highest BCUT2D eigenvalue weighted by Crippen LogP contribution is 2.09. The molecule has 6 heteroatoms. The maximum atomic E-state index is 11.3. The van der Waals surface area contributed by atoms with E-state index in [2.05, 4.69) is 5.10 Å². The van der Waals surface area contributed by atoms with Crippen LogP contribution in [0.25, 0.3) is 0 Å². The maximum absolute atomic E-state index is 11.3. The standard InChI is InChI=1S/C7H12N4O.ClH/c1-10(2)7(12)6-5(8)4-11(3)9-6;/h4H,8H2,1-3H3;1H. The molecule has 1 aromatic rings. The Morgan fingerprint density at radius 1 is 1.62 bits per heavy atom. The fraction of sp³-hybridized carbons (Fsp3) is 0.429. The van der Waals surface area contributed by atoms with E-state index in [0.717, 1.165) is 0 Å². The van der Waals surface area contributed by atoms with Crippen molar-refractivity contribution in [2.24, 2.45) is 7.05 Å². The predicted octanol–water partition coefficient (Wildman–Crippen LogP) is 0.126. The first-order valence-corrected chi connectivity index (χ1v) is 3.53. The molecule has 0 bridgehead atoms. The number of rotatable bonds is 1. The largest absolute Gasteiger partial charge is 0.396 e. The minimum atomic E-state index is -0.173. The summed E-state index contributed by atoms with van der Waals surface area (Å²) in [6.07, 6.45) is 1.61. The summed E-state index contributed by atoms with van der Waals surface area (Å²) in [4.78, 5) is 12.8. The van der Waals surface area contributed by atoms with Gasteiger partial charge in [-0.05, 0) is 0 Å². The van der Waals surface area contributed by atoms with Gasteiger partial charge in [0.15, 0.2) is 5.69 Å². The highest BCUT2D eigenvalue weighted by molar-refractivity contribution is 5.96. The van der Waals surface area contributed by atoms with Crippen molar-refractivity contribution >= 4 is 24.0 Å². The van der Waals surface area contributed by atoms with Crippen LogP contribution in [0.15, 0.2) is 6.20 Å². The zero-order valence-electron chi connectivity index (χ0n) is 7.81. The van der Waals surface area contributed by atoms with Crippen molar-refractivity contribution in [3.8, 4) is 0 Å². The van der Waals surface area contributed by atoms with Crippen molar-refractivity contribution in [3.63, 3.8) is 0 Å². The van der Waals surface area contributed by atoms with Crippen LogP contribution in [-0.4, -0.2) is 34.7 Å². The first-order chi connectivity index (χ1) is 5.52. The van der Waals surface area contributed by atoms with E-state index in [0.29, 0.717) is 11.4 Å². The van der Waals surface area contributed by atoms with Gasteiger partial charge in [0.1, 0.15) is 0 Å². The van der Waals surface area contributed by atoms with E-state index in [-0.39, 0.29) is 18.3 Å². The zero-order valence-corrected chi connectivity index (χ0v) is 8.63. The first-order valence-electron chi connectivity index (χ1n) is 3.53. The van der Waals surface area contributed by atoms with Crippen LogP contribution in [0.4, 0.5) is 5.69 Å². The summed E-state index contributed by atoms with van der Waals surface area (Å²) in [7, 11) is 5.05. The van der Waals surface area contributed by atoms with Crippen LogP contribution in [0.2, 0.25) is 0 Å². The molecule has 0 unspecified atom stereocenters. The van der Waals surface area contributed by atoms with E-state index in [1.54, 1.807) is 27.3 Å². The molecule has 5 nitrogen and oxygen atoms in total. The average Bonchev–Trinajstić information content (AvgIpc) is 2.28. The van der Waals surface area contributed by atoms with Crippen LogP contribution in [0, 0.1) is 0 Å². The lowest BCUT2D eigenvalue weighted by Crippen LogP contribution is -2.23. The molecule has 2 N–H and O–H groups in total. The molecule has 1 rings (SSSR count). The Bertz CT molecular complexity index is 307. The number of anilines is 1. The molecule has 0 radical (unpaired) electrons. The molecule has 1 aromatic heterocycles. The number of carbonyl (C=O) groups excluding carboxylic acids is 1. The number of hydrogen-bond acceptors (Lipinski definition) is 3. The summed E-state index contributed by atoms with van der Waals surface area (Å²) in [6, 6.07) is 0. The van der Waals surface area contributed by atoms with Crippen molar-refractivity contribution in [3.05, 3.63) is 11.9 Å².